The Morgan fingerprint density at radius 2 is 2.08 bits per heavy atom. The molecule has 1 aromatic heterocycles. The normalized spacial score (nSPS) is 15.5. The van der Waals surface area contributed by atoms with E-state index in [1.165, 1.54) is 0 Å². The summed E-state index contributed by atoms with van der Waals surface area (Å²) in [7, 11) is 0. The van der Waals surface area contributed by atoms with E-state index in [0.29, 0.717) is 12.1 Å². The molecule has 0 unspecified atom stereocenters. The first kappa shape index (κ1) is 16.3. The molecule has 1 aliphatic rings. The van der Waals surface area contributed by atoms with Gasteiger partial charge in [-0.05, 0) is 49.7 Å². The van der Waals surface area contributed by atoms with Crippen LogP contribution in [0.15, 0.2) is 47.1 Å². The van der Waals surface area contributed by atoms with Gasteiger partial charge >= 0.3 is 0 Å². The van der Waals surface area contributed by atoms with Gasteiger partial charge in [-0.25, -0.2) is 0 Å². The van der Waals surface area contributed by atoms with Gasteiger partial charge in [0.1, 0.15) is 5.76 Å². The zero-order chi connectivity index (χ0) is 16.9. The van der Waals surface area contributed by atoms with Crippen LogP contribution in [0.1, 0.15) is 31.6 Å². The lowest BCUT2D eigenvalue weighted by atomic mass is 10.2. The van der Waals surface area contributed by atoms with Crippen molar-refractivity contribution < 1.29 is 14.0 Å². The summed E-state index contributed by atoms with van der Waals surface area (Å²) in [5, 5.41) is 5.94. The molecule has 1 fully saturated rings. The topological polar surface area (TPSA) is 74.6 Å². The minimum atomic E-state index is -0.126. The molecule has 0 radical (unpaired) electrons. The Labute approximate surface area is 140 Å². The summed E-state index contributed by atoms with van der Waals surface area (Å²) in [4.78, 5) is 25.5. The number of anilines is 2. The summed E-state index contributed by atoms with van der Waals surface area (Å²) in [6, 6.07) is 11.0. The number of furan rings is 1. The van der Waals surface area contributed by atoms with Crippen LogP contribution in [0, 0.1) is 0 Å². The summed E-state index contributed by atoms with van der Waals surface area (Å²) in [6.07, 6.45) is 3.12. The predicted molar refractivity (Wildman–Crippen MR) is 91.8 cm³/mol. The molecule has 2 aromatic rings. The molecule has 2 N–H and O–H groups in total. The Morgan fingerprint density at radius 3 is 2.71 bits per heavy atom. The Bertz CT molecular complexity index is 695. The van der Waals surface area contributed by atoms with E-state index in [4.69, 9.17) is 4.42 Å². The molecule has 2 amide bonds. The molecule has 6 heteroatoms. The molecule has 1 saturated heterocycles. The smallest absolute Gasteiger partial charge is 0.238 e. The van der Waals surface area contributed by atoms with Crippen molar-refractivity contribution in [2.75, 3.05) is 23.3 Å². The molecule has 6 nitrogen and oxygen atoms in total. The summed E-state index contributed by atoms with van der Waals surface area (Å²) >= 11 is 0. The van der Waals surface area contributed by atoms with Crippen LogP contribution >= 0.6 is 0 Å². The second kappa shape index (κ2) is 7.31. The highest BCUT2D eigenvalue weighted by Crippen LogP contribution is 2.23. The van der Waals surface area contributed by atoms with Crippen molar-refractivity contribution in [3.05, 3.63) is 48.4 Å². The molecule has 0 bridgehead atoms. The SMILES string of the molecule is C[C@@H](NCC(=O)Nc1ccc(N2CCCC2=O)cc1)c1ccco1. The van der Waals surface area contributed by atoms with Gasteiger partial charge in [0.25, 0.3) is 0 Å². The average Bonchev–Trinajstić information content (AvgIpc) is 3.25. The van der Waals surface area contributed by atoms with Crippen molar-refractivity contribution in [2.45, 2.75) is 25.8 Å². The van der Waals surface area contributed by atoms with Gasteiger partial charge in [0.05, 0.1) is 18.8 Å². The van der Waals surface area contributed by atoms with Crippen LogP contribution in [0.2, 0.25) is 0 Å². The second-order valence-corrected chi connectivity index (χ2v) is 5.86. The molecular formula is C18H21N3O3. The summed E-state index contributed by atoms with van der Waals surface area (Å²) < 4.78 is 5.29. The van der Waals surface area contributed by atoms with Gasteiger partial charge in [-0.15, -0.1) is 0 Å². The van der Waals surface area contributed by atoms with Crippen LogP contribution in [0.3, 0.4) is 0 Å². The van der Waals surface area contributed by atoms with Gasteiger partial charge in [0.15, 0.2) is 0 Å². The van der Waals surface area contributed by atoms with Crippen LogP contribution < -0.4 is 15.5 Å². The largest absolute Gasteiger partial charge is 0.468 e. The average molecular weight is 327 g/mol. The van der Waals surface area contributed by atoms with Crippen molar-refractivity contribution in [3.63, 3.8) is 0 Å². The fraction of sp³-hybridized carbons (Fsp3) is 0.333. The van der Waals surface area contributed by atoms with Gasteiger partial charge in [-0.2, -0.15) is 0 Å². The summed E-state index contributed by atoms with van der Waals surface area (Å²) in [6.45, 7) is 2.89. The quantitative estimate of drug-likeness (QED) is 0.855. The Hall–Kier alpha value is -2.60. The monoisotopic (exact) mass is 327 g/mol. The van der Waals surface area contributed by atoms with Crippen molar-refractivity contribution in [3.8, 4) is 0 Å². The molecule has 1 atom stereocenters. The molecule has 0 saturated carbocycles. The number of nitrogens with zero attached hydrogens (tertiary/aromatic N) is 1. The van der Waals surface area contributed by atoms with Gasteiger partial charge in [0.2, 0.25) is 11.8 Å². The zero-order valence-electron chi connectivity index (χ0n) is 13.6. The highest BCUT2D eigenvalue weighted by Gasteiger charge is 2.21. The third-order valence-corrected chi connectivity index (χ3v) is 4.07. The first-order chi connectivity index (χ1) is 11.6. The fourth-order valence-electron chi connectivity index (χ4n) is 2.74. The Morgan fingerprint density at radius 1 is 1.29 bits per heavy atom. The number of carbonyl (C=O) groups excluding carboxylic acids is 2. The molecule has 2 heterocycles. The lowest BCUT2D eigenvalue weighted by Gasteiger charge is -2.16. The van der Waals surface area contributed by atoms with E-state index in [1.54, 1.807) is 11.2 Å². The van der Waals surface area contributed by atoms with Crippen LogP contribution in [0.5, 0.6) is 0 Å². The maximum Gasteiger partial charge on any atom is 0.238 e. The number of rotatable bonds is 6. The minimum Gasteiger partial charge on any atom is -0.468 e. The Kier molecular flexibility index (Phi) is 4.96. The summed E-state index contributed by atoms with van der Waals surface area (Å²) in [5.41, 5.74) is 1.59. The first-order valence-electron chi connectivity index (χ1n) is 8.10. The maximum atomic E-state index is 12.0. The maximum absolute atomic E-state index is 12.0. The number of hydrogen-bond donors (Lipinski definition) is 2. The minimum absolute atomic E-state index is 0.0331. The van der Waals surface area contributed by atoms with Crippen LogP contribution in [0.4, 0.5) is 11.4 Å². The van der Waals surface area contributed by atoms with Crippen LogP contribution in [-0.4, -0.2) is 24.9 Å². The van der Waals surface area contributed by atoms with Crippen LogP contribution in [0.25, 0.3) is 0 Å². The van der Waals surface area contributed by atoms with Crippen molar-refractivity contribution in [1.82, 2.24) is 5.32 Å². The zero-order valence-corrected chi connectivity index (χ0v) is 13.6. The van der Waals surface area contributed by atoms with Crippen molar-refractivity contribution in [2.24, 2.45) is 0 Å². The molecule has 0 aliphatic carbocycles. The van der Waals surface area contributed by atoms with E-state index in [9.17, 15) is 9.59 Å². The number of benzene rings is 1. The highest BCUT2D eigenvalue weighted by atomic mass is 16.3. The number of nitrogens with one attached hydrogen (secondary N) is 2. The molecule has 24 heavy (non-hydrogen) atoms. The molecule has 1 aliphatic heterocycles. The number of carbonyl (C=O) groups is 2. The van der Waals surface area contributed by atoms with Crippen LogP contribution in [-0.2, 0) is 9.59 Å². The van der Waals surface area contributed by atoms with Gasteiger partial charge in [0, 0.05) is 24.3 Å². The third-order valence-electron chi connectivity index (χ3n) is 4.07. The van der Waals surface area contributed by atoms with E-state index in [-0.39, 0.29) is 24.4 Å². The lowest BCUT2D eigenvalue weighted by Crippen LogP contribution is -2.30. The number of hydrogen-bond acceptors (Lipinski definition) is 4. The molecular weight excluding hydrogens is 306 g/mol. The van der Waals surface area contributed by atoms with E-state index in [2.05, 4.69) is 10.6 Å². The fourth-order valence-corrected chi connectivity index (χ4v) is 2.74. The van der Waals surface area contributed by atoms with E-state index < -0.39 is 0 Å². The standard InChI is InChI=1S/C18H21N3O3/c1-13(16-4-3-11-24-16)19-12-17(22)20-14-6-8-15(9-7-14)21-10-2-5-18(21)23/h3-4,6-9,11,13,19H,2,5,10,12H2,1H3,(H,20,22)/t13-/m1/s1. The molecule has 0 spiro atoms. The van der Waals surface area contributed by atoms with Gasteiger partial charge in [-0.1, -0.05) is 0 Å². The number of amides is 2. The second-order valence-electron chi connectivity index (χ2n) is 5.86. The molecule has 3 rings (SSSR count). The highest BCUT2D eigenvalue weighted by molar-refractivity contribution is 5.96. The molecule has 1 aromatic carbocycles. The van der Waals surface area contributed by atoms with Crippen molar-refractivity contribution >= 4 is 23.2 Å². The lowest BCUT2D eigenvalue weighted by molar-refractivity contribution is -0.117. The van der Waals surface area contributed by atoms with Gasteiger partial charge in [-0.3, -0.25) is 14.9 Å². The van der Waals surface area contributed by atoms with E-state index >= 15 is 0 Å². The van der Waals surface area contributed by atoms with E-state index in [0.717, 1.165) is 24.4 Å². The summed E-state index contributed by atoms with van der Waals surface area (Å²) in [5.74, 6) is 0.823. The van der Waals surface area contributed by atoms with Crippen molar-refractivity contribution in [1.29, 1.82) is 0 Å². The predicted octanol–water partition coefficient (Wildman–Crippen LogP) is 2.70. The third kappa shape index (κ3) is 3.83. The van der Waals surface area contributed by atoms with Gasteiger partial charge < -0.3 is 14.6 Å². The first-order valence-corrected chi connectivity index (χ1v) is 8.10. The molecule has 126 valence electrons. The Balaban J connectivity index is 1.50. The van der Waals surface area contributed by atoms with E-state index in [1.807, 2.05) is 43.3 Å².